The molecular formula is C57H52Br5Cl2O8PS2. The van der Waals surface area contributed by atoms with E-state index in [4.69, 9.17) is 32.7 Å². The van der Waals surface area contributed by atoms with Gasteiger partial charge in [-0.05, 0) is 206 Å². The lowest BCUT2D eigenvalue weighted by molar-refractivity contribution is 0.274. The van der Waals surface area contributed by atoms with Crippen molar-refractivity contribution in [3.63, 3.8) is 0 Å². The molecule has 0 aliphatic heterocycles. The summed E-state index contributed by atoms with van der Waals surface area (Å²) < 4.78 is 63.3. The van der Waals surface area contributed by atoms with Crippen LogP contribution in [-0.2, 0) is 43.5 Å². The largest absolute Gasteiger partial charge is 0.496 e. The third-order valence-electron chi connectivity index (χ3n) is 11.9. The predicted molar refractivity (Wildman–Crippen MR) is 328 cm³/mol. The van der Waals surface area contributed by atoms with Crippen molar-refractivity contribution < 1.29 is 36.5 Å². The van der Waals surface area contributed by atoms with E-state index in [1.165, 1.54) is 11.1 Å². The normalized spacial score (nSPS) is 11.1. The van der Waals surface area contributed by atoms with Crippen molar-refractivity contribution in [2.24, 2.45) is 0 Å². The van der Waals surface area contributed by atoms with Crippen LogP contribution < -0.4 is 9.47 Å². The standard InChI is InChI=1S/C28H24Br2O3S.C28H26O5S.CH2Cl2.Br3P/c2*1-19-3-4-22(15-24(19)17-29)20-5-10-26(11-6-20)34(31,32)27-12-7-21(8-13-27)23-9-14-28(33-2)25(16-23)18-30;2-1-3;1-4(2)3/h3-16H,17-18H2,1-2H3;3-16,29-30H,17-18H2,1-2H3;1H2;. The summed E-state index contributed by atoms with van der Waals surface area (Å²) in [5.41, 5.74) is 13.5. The van der Waals surface area contributed by atoms with E-state index in [1.807, 2.05) is 79.7 Å². The molecule has 2 N–H and O–H groups in total. The van der Waals surface area contributed by atoms with E-state index in [9.17, 15) is 27.0 Å². The Bertz CT molecular complexity index is 3150. The van der Waals surface area contributed by atoms with E-state index in [0.717, 1.165) is 72.3 Å². The zero-order valence-corrected chi connectivity index (χ0v) is 52.9. The van der Waals surface area contributed by atoms with Crippen LogP contribution >= 0.6 is 106 Å². The highest BCUT2D eigenvalue weighted by Gasteiger charge is 2.20. The van der Waals surface area contributed by atoms with Gasteiger partial charge in [-0.25, -0.2) is 16.8 Å². The van der Waals surface area contributed by atoms with E-state index in [-0.39, 0.29) is 42.2 Å². The number of methoxy groups -OCH3 is 2. The lowest BCUT2D eigenvalue weighted by Crippen LogP contribution is -2.02. The molecule has 0 saturated heterocycles. The summed E-state index contributed by atoms with van der Waals surface area (Å²) in [5.74, 6) is 1.42. The Morgan fingerprint density at radius 3 is 0.947 bits per heavy atom. The van der Waals surface area contributed by atoms with Gasteiger partial charge in [0.25, 0.3) is 0 Å². The monoisotopic (exact) mass is 1420 g/mol. The first-order valence-corrected chi connectivity index (χ1v) is 36.2. The minimum absolute atomic E-state index is 0.0417. The van der Waals surface area contributed by atoms with Crippen molar-refractivity contribution >= 4 is 125 Å². The highest BCUT2D eigenvalue weighted by atomic mass is 80.0. The van der Waals surface area contributed by atoms with E-state index in [1.54, 1.807) is 93.1 Å². The molecule has 0 atom stereocenters. The topological polar surface area (TPSA) is 127 Å². The smallest absolute Gasteiger partial charge is 0.206 e. The molecule has 0 spiro atoms. The van der Waals surface area contributed by atoms with Gasteiger partial charge in [-0.2, -0.15) is 0 Å². The summed E-state index contributed by atoms with van der Waals surface area (Å²) >= 11 is 26.0. The molecule has 75 heavy (non-hydrogen) atoms. The number of hydrogen-bond acceptors (Lipinski definition) is 8. The molecule has 8 aromatic rings. The number of alkyl halides is 4. The summed E-state index contributed by atoms with van der Waals surface area (Å²) in [6.45, 7) is 3.83. The molecule has 0 fully saturated rings. The fraction of sp³-hybridized carbons (Fsp3) is 0.158. The van der Waals surface area contributed by atoms with Crippen LogP contribution in [0, 0.1) is 13.8 Å². The second-order valence-corrected chi connectivity index (χ2v) is 37.5. The van der Waals surface area contributed by atoms with Crippen LogP contribution in [0.4, 0.5) is 0 Å². The number of sulfone groups is 2. The molecule has 0 unspecified atom stereocenters. The Morgan fingerprint density at radius 2 is 0.653 bits per heavy atom. The van der Waals surface area contributed by atoms with Gasteiger partial charge in [0.2, 0.25) is 19.7 Å². The summed E-state index contributed by atoms with van der Waals surface area (Å²) in [6, 6.07) is 51.1. The fourth-order valence-corrected chi connectivity index (χ4v) is 11.3. The van der Waals surface area contributed by atoms with Crippen molar-refractivity contribution in [3.8, 4) is 56.0 Å². The molecule has 0 heterocycles. The minimum Gasteiger partial charge on any atom is -0.496 e. The Balaban J connectivity index is 0.000000247. The molecule has 394 valence electrons. The van der Waals surface area contributed by atoms with Gasteiger partial charge in [0, 0.05) is 21.8 Å². The van der Waals surface area contributed by atoms with Gasteiger partial charge in [-0.1, -0.05) is 123 Å². The average molecular weight is 1430 g/mol. The third-order valence-corrected chi connectivity index (χ3v) is 16.7. The van der Waals surface area contributed by atoms with Crippen LogP contribution in [0.25, 0.3) is 44.5 Å². The van der Waals surface area contributed by atoms with E-state index < -0.39 is 19.7 Å². The first kappa shape index (κ1) is 62.4. The molecule has 0 aliphatic carbocycles. The van der Waals surface area contributed by atoms with E-state index in [2.05, 4.69) is 103 Å². The SMILES string of the molecule is BrP(Br)Br.COc1ccc(-c2ccc(S(=O)(=O)c3ccc(-c4ccc(C)c(CBr)c4)cc3)cc2)cc1CBr.COc1ccc(-c2ccc(S(=O)(=O)c3ccc(-c4ccc(C)c(CO)c4)cc3)cc2)cc1CO.ClCCl. The summed E-state index contributed by atoms with van der Waals surface area (Å²) in [4.78, 5) is 0.973. The van der Waals surface area contributed by atoms with Crippen LogP contribution in [0.3, 0.4) is 0 Å². The van der Waals surface area contributed by atoms with Gasteiger partial charge >= 0.3 is 0 Å². The number of hydrogen-bond donors (Lipinski definition) is 2. The highest BCUT2D eigenvalue weighted by molar-refractivity contribution is 9.93. The molecule has 18 heteroatoms. The van der Waals surface area contributed by atoms with Crippen LogP contribution in [-0.4, -0.2) is 46.6 Å². The Kier molecular flexibility index (Phi) is 25.0. The second-order valence-electron chi connectivity index (χ2n) is 16.3. The number of aryl methyl sites for hydroxylation is 2. The zero-order chi connectivity index (χ0) is 54.9. The maximum absolute atomic E-state index is 13.2. The Hall–Kier alpha value is -3.41. The number of halogens is 7. The Morgan fingerprint density at radius 1 is 0.413 bits per heavy atom. The van der Waals surface area contributed by atoms with Crippen molar-refractivity contribution in [1.29, 1.82) is 0 Å². The molecular weight excluding hydrogens is 1380 g/mol. The number of benzene rings is 8. The van der Waals surface area contributed by atoms with Crippen LogP contribution in [0.15, 0.2) is 189 Å². The van der Waals surface area contributed by atoms with E-state index in [0.29, 0.717) is 16.6 Å². The third kappa shape index (κ3) is 16.8. The first-order valence-electron chi connectivity index (χ1n) is 22.6. The van der Waals surface area contributed by atoms with Crippen molar-refractivity contribution in [2.45, 2.75) is 57.3 Å². The predicted octanol–water partition coefficient (Wildman–Crippen LogP) is 17.9. The summed E-state index contributed by atoms with van der Waals surface area (Å²) in [7, 11) is -4.10. The lowest BCUT2D eigenvalue weighted by Gasteiger charge is -2.11. The van der Waals surface area contributed by atoms with Crippen LogP contribution in [0.1, 0.15) is 33.4 Å². The zero-order valence-electron chi connectivity index (χ0n) is 41.0. The van der Waals surface area contributed by atoms with Gasteiger partial charge in [-0.3, -0.25) is 0 Å². The summed E-state index contributed by atoms with van der Waals surface area (Å²) in [5, 5.41) is 20.7. The molecule has 8 rings (SSSR count). The van der Waals surface area contributed by atoms with Gasteiger partial charge in [0.15, 0.2) is 0 Å². The molecule has 0 aliphatic rings. The molecule has 8 aromatic carbocycles. The van der Waals surface area contributed by atoms with Gasteiger partial charge in [0.1, 0.15) is 15.5 Å². The van der Waals surface area contributed by atoms with Crippen molar-refractivity contribution in [2.75, 3.05) is 19.6 Å². The Labute approximate surface area is 492 Å². The molecule has 0 radical (unpaired) electrons. The maximum Gasteiger partial charge on any atom is 0.206 e. The van der Waals surface area contributed by atoms with Gasteiger partial charge in [0.05, 0.1) is 52.4 Å². The number of aliphatic hydroxyl groups excluding tert-OH is 2. The van der Waals surface area contributed by atoms with Crippen LogP contribution in [0.2, 0.25) is 0 Å². The summed E-state index contributed by atoms with van der Waals surface area (Å²) in [6.07, 6.45) is 0. The highest BCUT2D eigenvalue weighted by Crippen LogP contribution is 2.59. The van der Waals surface area contributed by atoms with E-state index >= 15 is 0 Å². The molecule has 0 amide bonds. The molecule has 0 saturated carbocycles. The van der Waals surface area contributed by atoms with Crippen LogP contribution in [0.5, 0.6) is 11.5 Å². The van der Waals surface area contributed by atoms with Gasteiger partial charge in [-0.15, -0.1) is 23.2 Å². The minimum atomic E-state index is -3.68. The van der Waals surface area contributed by atoms with Crippen molar-refractivity contribution in [1.82, 2.24) is 0 Å². The lowest BCUT2D eigenvalue weighted by atomic mass is 10.0. The quantitative estimate of drug-likeness (QED) is 0.0814. The number of ether oxygens (including phenoxy) is 2. The average Bonchev–Trinajstić information content (AvgIpc) is 3.43. The molecule has 0 bridgehead atoms. The van der Waals surface area contributed by atoms with Crippen molar-refractivity contribution in [3.05, 3.63) is 203 Å². The number of aliphatic hydroxyl groups is 2. The molecule has 8 nitrogen and oxygen atoms in total. The molecule has 0 aromatic heterocycles. The second kappa shape index (κ2) is 30.1. The first-order chi connectivity index (χ1) is 35.9. The number of rotatable bonds is 14. The fourth-order valence-electron chi connectivity index (χ4n) is 7.74. The maximum atomic E-state index is 13.2. The van der Waals surface area contributed by atoms with Gasteiger partial charge < -0.3 is 19.7 Å².